The summed E-state index contributed by atoms with van der Waals surface area (Å²) in [5.74, 6) is 0.0351. The van der Waals surface area contributed by atoms with Crippen LogP contribution >= 0.6 is 0 Å². The zero-order chi connectivity index (χ0) is 13.9. The van der Waals surface area contributed by atoms with Crippen LogP contribution in [0, 0.1) is 0 Å². The molecule has 0 spiro atoms. The van der Waals surface area contributed by atoms with Gasteiger partial charge in [0.25, 0.3) is 0 Å². The second-order valence-electron chi connectivity index (χ2n) is 5.28. The number of nitrogens with zero attached hydrogens (tertiary/aromatic N) is 1. The van der Waals surface area contributed by atoms with Crippen LogP contribution in [0.1, 0.15) is 0 Å². The van der Waals surface area contributed by atoms with Crippen molar-refractivity contribution in [1.82, 2.24) is 10.2 Å². The number of carbonyl (C=O) groups is 1. The van der Waals surface area contributed by atoms with Gasteiger partial charge in [-0.15, -0.1) is 0 Å². The average Bonchev–Trinajstić information content (AvgIpc) is 2.47. The van der Waals surface area contributed by atoms with E-state index in [2.05, 4.69) is 27.7 Å². The summed E-state index contributed by atoms with van der Waals surface area (Å²) in [6.45, 7) is 2.58. The molecule has 0 bridgehead atoms. The Hall–Kier alpha value is -1.91. The topological polar surface area (TPSA) is 44.4 Å². The molecule has 1 aliphatic heterocycles. The number of carbonyl (C=O) groups excluding carboxylic acids is 1. The Balaban J connectivity index is 1.80. The number of amides is 1. The minimum absolute atomic E-state index is 0.0351. The van der Waals surface area contributed by atoms with Gasteiger partial charge >= 0.3 is 0 Å². The Labute approximate surface area is 118 Å². The summed E-state index contributed by atoms with van der Waals surface area (Å²) < 4.78 is 0. The highest BCUT2D eigenvalue weighted by Crippen LogP contribution is 2.23. The summed E-state index contributed by atoms with van der Waals surface area (Å²) in [5, 5.41) is 8.53. The van der Waals surface area contributed by atoms with E-state index in [1.807, 2.05) is 37.4 Å². The maximum atomic E-state index is 12.4. The Bertz CT molecular complexity index is 621. The SMILES string of the molecule is CN1CCNC(C(=O)Nc2cccc3ccccc23)C1. The molecule has 20 heavy (non-hydrogen) atoms. The number of nitrogens with one attached hydrogen (secondary N) is 2. The van der Waals surface area contributed by atoms with Gasteiger partial charge in [-0.3, -0.25) is 4.79 Å². The number of piperazine rings is 1. The second kappa shape index (κ2) is 5.61. The molecule has 0 aliphatic carbocycles. The van der Waals surface area contributed by atoms with Crippen molar-refractivity contribution in [3.63, 3.8) is 0 Å². The number of fused-ring (bicyclic) bond motifs is 1. The van der Waals surface area contributed by atoms with Gasteiger partial charge in [0.2, 0.25) is 5.91 Å². The first kappa shape index (κ1) is 13.1. The normalized spacial score (nSPS) is 19.9. The van der Waals surface area contributed by atoms with E-state index >= 15 is 0 Å². The standard InChI is InChI=1S/C16H19N3O/c1-19-10-9-17-15(11-19)16(20)18-14-8-4-6-12-5-2-3-7-13(12)14/h2-8,15,17H,9-11H2,1H3,(H,18,20). The number of likely N-dealkylation sites (N-methyl/N-ethyl adjacent to an activating group) is 1. The van der Waals surface area contributed by atoms with Crippen LogP contribution in [0.4, 0.5) is 5.69 Å². The molecule has 0 radical (unpaired) electrons. The largest absolute Gasteiger partial charge is 0.324 e. The number of hydrogen-bond acceptors (Lipinski definition) is 3. The fraction of sp³-hybridized carbons (Fsp3) is 0.312. The molecular weight excluding hydrogens is 250 g/mol. The number of anilines is 1. The third kappa shape index (κ3) is 2.66. The molecule has 4 nitrogen and oxygen atoms in total. The fourth-order valence-electron chi connectivity index (χ4n) is 2.63. The molecular formula is C16H19N3O. The van der Waals surface area contributed by atoms with E-state index in [0.717, 1.165) is 36.1 Å². The molecule has 1 aliphatic rings. The van der Waals surface area contributed by atoms with E-state index in [1.54, 1.807) is 0 Å². The third-order valence-electron chi connectivity index (χ3n) is 3.74. The van der Waals surface area contributed by atoms with Gasteiger partial charge in [-0.05, 0) is 18.5 Å². The van der Waals surface area contributed by atoms with Gasteiger partial charge in [-0.25, -0.2) is 0 Å². The quantitative estimate of drug-likeness (QED) is 0.872. The predicted molar refractivity (Wildman–Crippen MR) is 81.9 cm³/mol. The Kier molecular flexibility index (Phi) is 3.67. The van der Waals surface area contributed by atoms with Gasteiger partial charge in [0.15, 0.2) is 0 Å². The average molecular weight is 269 g/mol. The van der Waals surface area contributed by atoms with Crippen molar-refractivity contribution in [3.05, 3.63) is 42.5 Å². The summed E-state index contributed by atoms with van der Waals surface area (Å²) >= 11 is 0. The molecule has 104 valence electrons. The molecule has 4 heteroatoms. The van der Waals surface area contributed by atoms with Crippen LogP contribution in [0.5, 0.6) is 0 Å². The lowest BCUT2D eigenvalue weighted by Crippen LogP contribution is -2.54. The van der Waals surface area contributed by atoms with E-state index < -0.39 is 0 Å². The highest BCUT2D eigenvalue weighted by atomic mass is 16.2. The summed E-state index contributed by atoms with van der Waals surface area (Å²) in [4.78, 5) is 14.5. The second-order valence-corrected chi connectivity index (χ2v) is 5.28. The van der Waals surface area contributed by atoms with Crippen LogP contribution in [0.2, 0.25) is 0 Å². The highest BCUT2D eigenvalue weighted by Gasteiger charge is 2.23. The van der Waals surface area contributed by atoms with Gasteiger partial charge in [0.05, 0.1) is 6.04 Å². The molecule has 2 aromatic rings. The third-order valence-corrected chi connectivity index (χ3v) is 3.74. The van der Waals surface area contributed by atoms with Gasteiger partial charge in [-0.2, -0.15) is 0 Å². The van der Waals surface area contributed by atoms with Gasteiger partial charge in [0.1, 0.15) is 0 Å². The van der Waals surface area contributed by atoms with Crippen LogP contribution in [-0.4, -0.2) is 43.5 Å². The van der Waals surface area contributed by atoms with E-state index in [1.165, 1.54) is 0 Å². The van der Waals surface area contributed by atoms with Crippen LogP contribution in [0.25, 0.3) is 10.8 Å². The lowest BCUT2D eigenvalue weighted by molar-refractivity contribution is -0.119. The summed E-state index contributed by atoms with van der Waals surface area (Å²) in [5.41, 5.74) is 0.878. The maximum Gasteiger partial charge on any atom is 0.242 e. The van der Waals surface area contributed by atoms with Crippen molar-refractivity contribution >= 4 is 22.4 Å². The molecule has 1 fully saturated rings. The first-order valence-corrected chi connectivity index (χ1v) is 6.94. The van der Waals surface area contributed by atoms with E-state index in [4.69, 9.17) is 0 Å². The van der Waals surface area contributed by atoms with Crippen molar-refractivity contribution in [2.75, 3.05) is 32.0 Å². The van der Waals surface area contributed by atoms with E-state index in [-0.39, 0.29) is 11.9 Å². The van der Waals surface area contributed by atoms with Crippen LogP contribution in [-0.2, 0) is 4.79 Å². The molecule has 1 saturated heterocycles. The first-order chi connectivity index (χ1) is 9.74. The van der Waals surface area contributed by atoms with Crippen molar-refractivity contribution < 1.29 is 4.79 Å². The zero-order valence-corrected chi connectivity index (χ0v) is 11.6. The Morgan fingerprint density at radius 3 is 2.90 bits per heavy atom. The van der Waals surface area contributed by atoms with Gasteiger partial charge in [0, 0.05) is 30.7 Å². The van der Waals surface area contributed by atoms with Crippen LogP contribution in [0.3, 0.4) is 0 Å². The van der Waals surface area contributed by atoms with Crippen LogP contribution in [0.15, 0.2) is 42.5 Å². The lowest BCUT2D eigenvalue weighted by Gasteiger charge is -2.30. The fourth-order valence-corrected chi connectivity index (χ4v) is 2.63. The van der Waals surface area contributed by atoms with E-state index in [0.29, 0.717) is 0 Å². The van der Waals surface area contributed by atoms with Crippen molar-refractivity contribution in [3.8, 4) is 0 Å². The monoisotopic (exact) mass is 269 g/mol. The van der Waals surface area contributed by atoms with Gasteiger partial charge < -0.3 is 15.5 Å². The highest BCUT2D eigenvalue weighted by molar-refractivity contribution is 6.03. The molecule has 3 rings (SSSR count). The summed E-state index contributed by atoms with van der Waals surface area (Å²) in [7, 11) is 2.04. The van der Waals surface area contributed by atoms with Crippen LogP contribution < -0.4 is 10.6 Å². The van der Waals surface area contributed by atoms with Crippen molar-refractivity contribution in [1.29, 1.82) is 0 Å². The Morgan fingerprint density at radius 2 is 2.05 bits per heavy atom. The molecule has 0 aromatic heterocycles. The molecule has 1 amide bonds. The molecule has 2 N–H and O–H groups in total. The minimum Gasteiger partial charge on any atom is -0.324 e. The first-order valence-electron chi connectivity index (χ1n) is 6.94. The smallest absolute Gasteiger partial charge is 0.242 e. The lowest BCUT2D eigenvalue weighted by atomic mass is 10.1. The maximum absolute atomic E-state index is 12.4. The van der Waals surface area contributed by atoms with E-state index in [9.17, 15) is 4.79 Å². The molecule has 2 aromatic carbocycles. The molecule has 1 unspecified atom stereocenters. The van der Waals surface area contributed by atoms with Crippen molar-refractivity contribution in [2.24, 2.45) is 0 Å². The van der Waals surface area contributed by atoms with Gasteiger partial charge in [-0.1, -0.05) is 36.4 Å². The summed E-state index contributed by atoms with van der Waals surface area (Å²) in [6.07, 6.45) is 0. The molecule has 0 saturated carbocycles. The number of benzene rings is 2. The number of rotatable bonds is 2. The minimum atomic E-state index is -0.146. The summed E-state index contributed by atoms with van der Waals surface area (Å²) in [6, 6.07) is 13.9. The predicted octanol–water partition coefficient (Wildman–Crippen LogP) is 1.68. The Morgan fingerprint density at radius 1 is 1.25 bits per heavy atom. The number of hydrogen-bond donors (Lipinski definition) is 2. The van der Waals surface area contributed by atoms with Crippen molar-refractivity contribution in [2.45, 2.75) is 6.04 Å². The molecule has 1 heterocycles. The zero-order valence-electron chi connectivity index (χ0n) is 11.6. The molecule has 1 atom stereocenters.